The molecule has 1 saturated carbocycles. The smallest absolute Gasteiger partial charge is 0.244 e. The lowest BCUT2D eigenvalue weighted by Crippen LogP contribution is -2.33. The first-order valence-electron chi connectivity index (χ1n) is 6.94. The van der Waals surface area contributed by atoms with Gasteiger partial charge in [0.15, 0.2) is 0 Å². The van der Waals surface area contributed by atoms with Gasteiger partial charge < -0.3 is 4.57 Å². The maximum atomic E-state index is 13.0. The Kier molecular flexibility index (Phi) is 3.67. The van der Waals surface area contributed by atoms with E-state index in [1.54, 1.807) is 16.6 Å². The lowest BCUT2D eigenvalue weighted by molar-refractivity contribution is 0.385. The third-order valence-electron chi connectivity index (χ3n) is 3.75. The second-order valence-electron chi connectivity index (χ2n) is 5.51. The fraction of sp³-hybridized carbons (Fsp3) is 0.500. The highest BCUT2D eigenvalue weighted by atomic mass is 32.2. The van der Waals surface area contributed by atoms with Crippen molar-refractivity contribution < 1.29 is 8.42 Å². The van der Waals surface area contributed by atoms with Crippen LogP contribution in [-0.4, -0.2) is 28.3 Å². The number of nitrogens with zero attached hydrogens (tertiary/aromatic N) is 3. The number of hydrogen-bond donors (Lipinski definition) is 0. The van der Waals surface area contributed by atoms with E-state index < -0.39 is 10.0 Å². The van der Waals surface area contributed by atoms with Gasteiger partial charge in [0.05, 0.1) is 11.4 Å². The molecular formula is C14H19N3O2S2. The molecule has 1 aliphatic rings. The zero-order valence-corrected chi connectivity index (χ0v) is 14.0. The van der Waals surface area contributed by atoms with Crippen LogP contribution in [0.3, 0.4) is 0 Å². The molecule has 21 heavy (non-hydrogen) atoms. The highest BCUT2D eigenvalue weighted by Gasteiger charge is 2.39. The number of sulfonamides is 1. The minimum atomic E-state index is -3.45. The highest BCUT2D eigenvalue weighted by Crippen LogP contribution is 2.36. The summed E-state index contributed by atoms with van der Waals surface area (Å²) in [6, 6.07) is 1.90. The molecule has 7 heteroatoms. The van der Waals surface area contributed by atoms with Gasteiger partial charge in [-0.05, 0) is 32.8 Å². The van der Waals surface area contributed by atoms with Crippen LogP contribution in [0.25, 0.3) is 0 Å². The molecule has 2 aromatic heterocycles. The summed E-state index contributed by atoms with van der Waals surface area (Å²) < 4.78 is 29.4. The van der Waals surface area contributed by atoms with E-state index >= 15 is 0 Å². The molecule has 0 radical (unpaired) electrons. The monoisotopic (exact) mass is 325 g/mol. The number of imidazole rings is 1. The number of aromatic nitrogens is 2. The van der Waals surface area contributed by atoms with Crippen LogP contribution in [0.4, 0.5) is 0 Å². The standard InChI is InChI=1S/C14H19N3O2S2/c1-10-8-13(11(2)20-10)21(18,19)17(12-4-5-12)9-14-15-6-7-16(14)3/h6-8,12H,4-5,9H2,1-3H3. The topological polar surface area (TPSA) is 55.2 Å². The Balaban J connectivity index is 1.97. The van der Waals surface area contributed by atoms with Crippen molar-refractivity contribution in [2.45, 2.75) is 44.2 Å². The van der Waals surface area contributed by atoms with E-state index in [4.69, 9.17) is 0 Å². The van der Waals surface area contributed by atoms with E-state index in [1.165, 1.54) is 11.3 Å². The molecule has 0 saturated heterocycles. The first-order valence-corrected chi connectivity index (χ1v) is 9.20. The van der Waals surface area contributed by atoms with E-state index in [0.29, 0.717) is 11.4 Å². The maximum Gasteiger partial charge on any atom is 0.244 e. The Morgan fingerprint density at radius 1 is 1.43 bits per heavy atom. The van der Waals surface area contributed by atoms with Gasteiger partial charge in [0.25, 0.3) is 0 Å². The summed E-state index contributed by atoms with van der Waals surface area (Å²) in [5, 5.41) is 0. The van der Waals surface area contributed by atoms with E-state index in [2.05, 4.69) is 4.98 Å². The van der Waals surface area contributed by atoms with Crippen molar-refractivity contribution in [3.63, 3.8) is 0 Å². The van der Waals surface area contributed by atoms with Gasteiger partial charge in [-0.1, -0.05) is 0 Å². The van der Waals surface area contributed by atoms with Crippen molar-refractivity contribution in [3.8, 4) is 0 Å². The minimum absolute atomic E-state index is 0.117. The SMILES string of the molecule is Cc1cc(S(=O)(=O)N(Cc2nccn2C)C2CC2)c(C)s1. The van der Waals surface area contributed by atoms with E-state index in [0.717, 1.165) is 28.4 Å². The number of thiophene rings is 1. The highest BCUT2D eigenvalue weighted by molar-refractivity contribution is 7.89. The van der Waals surface area contributed by atoms with Crippen LogP contribution >= 0.6 is 11.3 Å². The van der Waals surface area contributed by atoms with Crippen LogP contribution in [0.15, 0.2) is 23.4 Å². The van der Waals surface area contributed by atoms with Crippen molar-refractivity contribution in [2.24, 2.45) is 7.05 Å². The summed E-state index contributed by atoms with van der Waals surface area (Å²) in [5.74, 6) is 0.773. The zero-order valence-electron chi connectivity index (χ0n) is 12.4. The molecule has 0 aliphatic heterocycles. The van der Waals surface area contributed by atoms with E-state index in [-0.39, 0.29) is 6.04 Å². The molecule has 1 fully saturated rings. The van der Waals surface area contributed by atoms with Crippen molar-refractivity contribution >= 4 is 21.4 Å². The van der Waals surface area contributed by atoms with Gasteiger partial charge in [0.2, 0.25) is 10.0 Å². The van der Waals surface area contributed by atoms with Crippen LogP contribution in [0, 0.1) is 13.8 Å². The third kappa shape index (κ3) is 2.77. The normalized spacial score (nSPS) is 15.8. The fourth-order valence-corrected chi connectivity index (χ4v) is 5.62. The van der Waals surface area contributed by atoms with E-state index in [9.17, 15) is 8.42 Å². The molecule has 0 amide bonds. The van der Waals surface area contributed by atoms with Gasteiger partial charge in [0.1, 0.15) is 5.82 Å². The van der Waals surface area contributed by atoms with Crippen molar-refractivity contribution in [2.75, 3.05) is 0 Å². The summed E-state index contributed by atoms with van der Waals surface area (Å²) >= 11 is 1.53. The molecule has 114 valence electrons. The lowest BCUT2D eigenvalue weighted by Gasteiger charge is -2.21. The molecule has 3 rings (SSSR count). The summed E-state index contributed by atoms with van der Waals surface area (Å²) in [6.07, 6.45) is 5.41. The van der Waals surface area contributed by atoms with Gasteiger partial charge in [0, 0.05) is 35.2 Å². The molecule has 0 N–H and O–H groups in total. The molecule has 2 heterocycles. The maximum absolute atomic E-state index is 13.0. The van der Waals surface area contributed by atoms with Gasteiger partial charge in [-0.2, -0.15) is 4.31 Å². The van der Waals surface area contributed by atoms with Gasteiger partial charge >= 0.3 is 0 Å². The van der Waals surface area contributed by atoms with Crippen molar-refractivity contribution in [1.29, 1.82) is 0 Å². The van der Waals surface area contributed by atoms with Gasteiger partial charge in [-0.25, -0.2) is 13.4 Å². The largest absolute Gasteiger partial charge is 0.337 e. The Morgan fingerprint density at radius 3 is 2.62 bits per heavy atom. The zero-order chi connectivity index (χ0) is 15.2. The Labute approximate surface area is 129 Å². The molecule has 2 aromatic rings. The average molecular weight is 325 g/mol. The van der Waals surface area contributed by atoms with Crippen LogP contribution in [0.5, 0.6) is 0 Å². The second-order valence-corrected chi connectivity index (χ2v) is 8.83. The molecule has 0 spiro atoms. The van der Waals surface area contributed by atoms with Gasteiger partial charge in [-0.3, -0.25) is 0 Å². The Hall–Kier alpha value is -1.18. The molecule has 0 aromatic carbocycles. The van der Waals surface area contributed by atoms with Crippen molar-refractivity contribution in [3.05, 3.63) is 34.0 Å². The number of aryl methyl sites for hydroxylation is 3. The van der Waals surface area contributed by atoms with Crippen LogP contribution < -0.4 is 0 Å². The summed E-state index contributed by atoms with van der Waals surface area (Å²) in [7, 11) is -1.56. The first kappa shape index (κ1) is 14.7. The molecule has 0 atom stereocenters. The van der Waals surface area contributed by atoms with E-state index in [1.807, 2.05) is 31.7 Å². The van der Waals surface area contributed by atoms with Crippen LogP contribution in [-0.2, 0) is 23.6 Å². The molecule has 0 unspecified atom stereocenters. The predicted molar refractivity (Wildman–Crippen MR) is 82.8 cm³/mol. The van der Waals surface area contributed by atoms with Crippen LogP contribution in [0.2, 0.25) is 0 Å². The third-order valence-corrected chi connectivity index (χ3v) is 6.87. The first-order chi connectivity index (χ1) is 9.89. The summed E-state index contributed by atoms with van der Waals surface area (Å²) in [4.78, 5) is 6.60. The summed E-state index contributed by atoms with van der Waals surface area (Å²) in [5.41, 5.74) is 0. The average Bonchev–Trinajstić information content (AvgIpc) is 3.07. The molecule has 5 nitrogen and oxygen atoms in total. The second kappa shape index (κ2) is 5.23. The quantitative estimate of drug-likeness (QED) is 0.848. The molecule has 1 aliphatic carbocycles. The van der Waals surface area contributed by atoms with Gasteiger partial charge in [-0.15, -0.1) is 11.3 Å². The lowest BCUT2D eigenvalue weighted by atomic mass is 10.4. The fourth-order valence-electron chi connectivity index (χ4n) is 2.45. The van der Waals surface area contributed by atoms with Crippen molar-refractivity contribution in [1.82, 2.24) is 13.9 Å². The van der Waals surface area contributed by atoms with Crippen LogP contribution in [0.1, 0.15) is 28.4 Å². The number of hydrogen-bond acceptors (Lipinski definition) is 4. The molecule has 0 bridgehead atoms. The summed E-state index contributed by atoms with van der Waals surface area (Å²) in [6.45, 7) is 4.15. The predicted octanol–water partition coefficient (Wildman–Crippen LogP) is 2.45. The Bertz CT molecular complexity index is 757. The molecular weight excluding hydrogens is 306 g/mol. The Morgan fingerprint density at radius 2 is 2.14 bits per heavy atom. The minimum Gasteiger partial charge on any atom is -0.337 e. The number of rotatable bonds is 5.